The molecule has 1 unspecified atom stereocenters. The molecule has 0 spiro atoms. The van der Waals surface area contributed by atoms with Crippen molar-refractivity contribution in [2.75, 3.05) is 4.31 Å². The number of rotatable bonds is 4. The Kier molecular flexibility index (Phi) is 3.83. The molecule has 2 aromatic rings. The second-order valence-corrected chi connectivity index (χ2v) is 7.03. The summed E-state index contributed by atoms with van der Waals surface area (Å²) < 4.78 is 30.7. The molecule has 22 heavy (non-hydrogen) atoms. The Balaban J connectivity index is 1.86. The lowest BCUT2D eigenvalue weighted by Crippen LogP contribution is -2.28. The van der Waals surface area contributed by atoms with E-state index in [1.807, 2.05) is 18.2 Å². The maximum atomic E-state index is 12.1. The molecule has 0 aliphatic carbocycles. The van der Waals surface area contributed by atoms with Gasteiger partial charge in [-0.25, -0.2) is 4.31 Å². The highest BCUT2D eigenvalue weighted by Gasteiger charge is 2.34. The Morgan fingerprint density at radius 1 is 1.09 bits per heavy atom. The summed E-state index contributed by atoms with van der Waals surface area (Å²) in [7, 11) is -3.74. The van der Waals surface area contributed by atoms with E-state index < -0.39 is 10.3 Å². The number of benzene rings is 2. The zero-order valence-electron chi connectivity index (χ0n) is 12.7. The quantitative estimate of drug-likeness (QED) is 0.860. The van der Waals surface area contributed by atoms with Gasteiger partial charge in [-0.3, -0.25) is 0 Å². The molecule has 0 bridgehead atoms. The number of fused-ring (bicyclic) bond motifs is 1. The SMILES string of the molecule is CCC(C)c1ccc(CN2c3ccccc3OS2(=O)=O)cc1. The van der Waals surface area contributed by atoms with Crippen LogP contribution in [0.25, 0.3) is 0 Å². The van der Waals surface area contributed by atoms with Crippen LogP contribution in [-0.2, 0) is 16.8 Å². The van der Waals surface area contributed by atoms with Crippen LogP contribution < -0.4 is 8.49 Å². The minimum absolute atomic E-state index is 0.278. The monoisotopic (exact) mass is 317 g/mol. The second kappa shape index (κ2) is 5.65. The first kappa shape index (κ1) is 14.9. The molecule has 0 fully saturated rings. The van der Waals surface area contributed by atoms with E-state index in [1.54, 1.807) is 18.2 Å². The Morgan fingerprint density at radius 3 is 2.45 bits per heavy atom. The van der Waals surface area contributed by atoms with Crippen molar-refractivity contribution in [2.24, 2.45) is 0 Å². The van der Waals surface area contributed by atoms with Crippen LogP contribution in [0.2, 0.25) is 0 Å². The van der Waals surface area contributed by atoms with Gasteiger partial charge in [-0.15, -0.1) is 0 Å². The summed E-state index contributed by atoms with van der Waals surface area (Å²) in [5, 5.41) is 0. The second-order valence-electron chi connectivity index (χ2n) is 5.57. The number of anilines is 1. The lowest BCUT2D eigenvalue weighted by Gasteiger charge is -2.16. The van der Waals surface area contributed by atoms with Crippen LogP contribution in [0.15, 0.2) is 48.5 Å². The van der Waals surface area contributed by atoms with Crippen LogP contribution >= 0.6 is 0 Å². The summed E-state index contributed by atoms with van der Waals surface area (Å²) in [5.41, 5.74) is 2.80. The summed E-state index contributed by atoms with van der Waals surface area (Å²) in [4.78, 5) is 0. The van der Waals surface area contributed by atoms with Gasteiger partial charge in [0.25, 0.3) is 0 Å². The molecule has 116 valence electrons. The van der Waals surface area contributed by atoms with E-state index in [4.69, 9.17) is 4.18 Å². The fourth-order valence-electron chi connectivity index (χ4n) is 2.53. The number of hydrogen-bond acceptors (Lipinski definition) is 3. The Morgan fingerprint density at radius 2 is 1.77 bits per heavy atom. The van der Waals surface area contributed by atoms with Crippen molar-refractivity contribution in [1.29, 1.82) is 0 Å². The highest BCUT2D eigenvalue weighted by Crippen LogP contribution is 2.38. The van der Waals surface area contributed by atoms with Crippen molar-refractivity contribution >= 4 is 16.0 Å². The third-order valence-corrected chi connectivity index (χ3v) is 5.34. The molecule has 5 heteroatoms. The molecule has 0 saturated heterocycles. The molecule has 0 saturated carbocycles. The van der Waals surface area contributed by atoms with Crippen LogP contribution in [0.4, 0.5) is 5.69 Å². The fraction of sp³-hybridized carbons (Fsp3) is 0.294. The number of nitrogens with zero attached hydrogens (tertiary/aromatic N) is 1. The van der Waals surface area contributed by atoms with E-state index in [0.717, 1.165) is 12.0 Å². The highest BCUT2D eigenvalue weighted by molar-refractivity contribution is 7.88. The molecule has 1 atom stereocenters. The van der Waals surface area contributed by atoms with E-state index in [0.29, 0.717) is 17.4 Å². The first-order chi connectivity index (χ1) is 10.5. The maximum absolute atomic E-state index is 12.1. The summed E-state index contributed by atoms with van der Waals surface area (Å²) in [6.45, 7) is 4.62. The van der Waals surface area contributed by atoms with Gasteiger partial charge < -0.3 is 4.18 Å². The van der Waals surface area contributed by atoms with Gasteiger partial charge >= 0.3 is 10.3 Å². The first-order valence-electron chi connectivity index (χ1n) is 7.41. The van der Waals surface area contributed by atoms with Crippen LogP contribution in [-0.4, -0.2) is 8.42 Å². The van der Waals surface area contributed by atoms with E-state index in [-0.39, 0.29) is 6.54 Å². The van der Waals surface area contributed by atoms with Crippen molar-refractivity contribution in [3.8, 4) is 5.75 Å². The van der Waals surface area contributed by atoms with E-state index in [9.17, 15) is 8.42 Å². The van der Waals surface area contributed by atoms with E-state index in [1.165, 1.54) is 9.87 Å². The molecular formula is C17H19NO3S. The summed E-state index contributed by atoms with van der Waals surface area (Å²) in [6, 6.07) is 15.1. The smallest absolute Gasteiger partial charge is 0.364 e. The van der Waals surface area contributed by atoms with Gasteiger partial charge in [0.15, 0.2) is 5.75 Å². The lowest BCUT2D eigenvalue weighted by atomic mass is 9.98. The van der Waals surface area contributed by atoms with Gasteiger partial charge in [0.1, 0.15) is 0 Å². The van der Waals surface area contributed by atoms with Crippen molar-refractivity contribution in [3.63, 3.8) is 0 Å². The van der Waals surface area contributed by atoms with Crippen LogP contribution in [0.3, 0.4) is 0 Å². The minimum Gasteiger partial charge on any atom is -0.364 e. The largest absolute Gasteiger partial charge is 0.410 e. The molecule has 1 aliphatic heterocycles. The zero-order chi connectivity index (χ0) is 15.7. The fourth-order valence-corrected chi connectivity index (χ4v) is 3.69. The predicted octanol–water partition coefficient (Wildman–Crippen LogP) is 3.84. The molecule has 2 aromatic carbocycles. The Hall–Kier alpha value is -2.01. The zero-order valence-corrected chi connectivity index (χ0v) is 13.5. The minimum atomic E-state index is -3.74. The number of hydrogen-bond donors (Lipinski definition) is 0. The first-order valence-corrected chi connectivity index (χ1v) is 8.78. The third kappa shape index (κ3) is 2.68. The lowest BCUT2D eigenvalue weighted by molar-refractivity contribution is 0.496. The van der Waals surface area contributed by atoms with Crippen LogP contribution in [0, 0.1) is 0 Å². The maximum Gasteiger partial charge on any atom is 0.410 e. The summed E-state index contributed by atoms with van der Waals surface area (Å²) in [5.74, 6) is 0.896. The van der Waals surface area contributed by atoms with Gasteiger partial charge in [0.2, 0.25) is 0 Å². The van der Waals surface area contributed by atoms with Gasteiger partial charge in [-0.1, -0.05) is 50.2 Å². The van der Waals surface area contributed by atoms with Crippen molar-refractivity contribution in [3.05, 3.63) is 59.7 Å². The Labute approximate surface area is 131 Å². The topological polar surface area (TPSA) is 46.6 Å². The molecule has 4 nitrogen and oxygen atoms in total. The molecule has 1 aliphatic rings. The highest BCUT2D eigenvalue weighted by atomic mass is 32.2. The average Bonchev–Trinajstić information content (AvgIpc) is 2.78. The molecule has 0 amide bonds. The number of para-hydroxylation sites is 2. The van der Waals surface area contributed by atoms with Crippen LogP contribution in [0.5, 0.6) is 5.75 Å². The van der Waals surface area contributed by atoms with Crippen molar-refractivity contribution < 1.29 is 12.6 Å². The molecule has 1 heterocycles. The van der Waals surface area contributed by atoms with Gasteiger partial charge in [0, 0.05) is 0 Å². The Bertz CT molecular complexity index is 769. The van der Waals surface area contributed by atoms with Crippen molar-refractivity contribution in [1.82, 2.24) is 0 Å². The van der Waals surface area contributed by atoms with Crippen LogP contribution in [0.1, 0.15) is 37.3 Å². The average molecular weight is 317 g/mol. The molecule has 3 rings (SSSR count). The summed E-state index contributed by atoms with van der Waals surface area (Å²) >= 11 is 0. The van der Waals surface area contributed by atoms with E-state index >= 15 is 0 Å². The third-order valence-electron chi connectivity index (χ3n) is 4.09. The normalized spacial score (nSPS) is 16.9. The standard InChI is InChI=1S/C17H19NO3S/c1-3-13(2)15-10-8-14(9-11-15)12-18-16-6-4-5-7-17(16)21-22(18,19)20/h4-11,13H,3,12H2,1-2H3. The van der Waals surface area contributed by atoms with Gasteiger partial charge in [-0.05, 0) is 35.6 Å². The molecular weight excluding hydrogens is 298 g/mol. The molecule has 0 radical (unpaired) electrons. The van der Waals surface area contributed by atoms with Crippen molar-refractivity contribution in [2.45, 2.75) is 32.7 Å². The van der Waals surface area contributed by atoms with Gasteiger partial charge in [-0.2, -0.15) is 8.42 Å². The predicted molar refractivity (Wildman–Crippen MR) is 87.3 cm³/mol. The molecule has 0 aromatic heterocycles. The van der Waals surface area contributed by atoms with E-state index in [2.05, 4.69) is 26.0 Å². The summed E-state index contributed by atoms with van der Waals surface area (Å²) in [6.07, 6.45) is 1.08. The van der Waals surface area contributed by atoms with Gasteiger partial charge in [0.05, 0.1) is 12.2 Å². The molecule has 0 N–H and O–H groups in total.